The summed E-state index contributed by atoms with van der Waals surface area (Å²) in [6, 6.07) is 24.3. The van der Waals surface area contributed by atoms with Crippen molar-refractivity contribution in [3.05, 3.63) is 95.7 Å². The van der Waals surface area contributed by atoms with E-state index in [4.69, 9.17) is 5.73 Å². The van der Waals surface area contributed by atoms with E-state index in [-0.39, 0.29) is 0 Å². The van der Waals surface area contributed by atoms with Gasteiger partial charge < -0.3 is 5.73 Å². The normalized spacial score (nSPS) is 11.1. The van der Waals surface area contributed by atoms with Gasteiger partial charge >= 0.3 is 0 Å². The van der Waals surface area contributed by atoms with E-state index in [2.05, 4.69) is 51.9 Å². The molecule has 0 bridgehead atoms. The molecule has 0 aliphatic heterocycles. The van der Waals surface area contributed by atoms with Gasteiger partial charge in [-0.1, -0.05) is 48.2 Å². The van der Waals surface area contributed by atoms with Gasteiger partial charge in [-0.3, -0.25) is 9.78 Å². The Balaban J connectivity index is 1.67. The first kappa shape index (κ1) is 19.7. The van der Waals surface area contributed by atoms with E-state index in [0.29, 0.717) is 12.8 Å². The van der Waals surface area contributed by atoms with Gasteiger partial charge in [0.1, 0.15) is 0 Å². The number of rotatable bonds is 7. The highest BCUT2D eigenvalue weighted by Crippen LogP contribution is 2.33. The number of pyridine rings is 1. The molecule has 0 saturated carbocycles. The van der Waals surface area contributed by atoms with Crippen LogP contribution in [0.25, 0.3) is 10.9 Å². The molecule has 0 atom stereocenters. The lowest BCUT2D eigenvalue weighted by Crippen LogP contribution is -2.03. The zero-order chi connectivity index (χ0) is 20.8. The summed E-state index contributed by atoms with van der Waals surface area (Å²) in [5.41, 5.74) is 13.1. The molecule has 5 nitrogen and oxygen atoms in total. The third-order valence-corrected chi connectivity index (χ3v) is 5.66. The van der Waals surface area contributed by atoms with Gasteiger partial charge in [0.2, 0.25) is 6.41 Å². The maximum Gasteiger partial charge on any atom is 0.227 e. The molecule has 3 N–H and O–H groups in total. The summed E-state index contributed by atoms with van der Waals surface area (Å²) in [7, 11) is 0. The third-order valence-electron chi connectivity index (χ3n) is 4.62. The predicted molar refractivity (Wildman–Crippen MR) is 123 cm³/mol. The number of carbonyl (C=O) groups is 1. The lowest BCUT2D eigenvalue weighted by Gasteiger charge is -2.10. The smallest absolute Gasteiger partial charge is 0.227 e. The highest BCUT2D eigenvalue weighted by atomic mass is 32.2. The van der Waals surface area contributed by atoms with Crippen LogP contribution in [0.15, 0.2) is 93.9 Å². The molecule has 1 aromatic heterocycles. The van der Waals surface area contributed by atoms with Crippen LogP contribution in [0.2, 0.25) is 0 Å². The average molecular weight is 413 g/mol. The molecule has 0 fully saturated rings. The van der Waals surface area contributed by atoms with Crippen molar-refractivity contribution >= 4 is 41.0 Å². The average Bonchev–Trinajstić information content (AvgIpc) is 2.76. The van der Waals surface area contributed by atoms with Crippen molar-refractivity contribution in [1.82, 2.24) is 10.4 Å². The van der Waals surface area contributed by atoms with Crippen LogP contribution in [0.3, 0.4) is 0 Å². The van der Waals surface area contributed by atoms with Gasteiger partial charge in [0.05, 0.1) is 11.7 Å². The molecule has 148 valence electrons. The Kier molecular flexibility index (Phi) is 6.06. The molecule has 0 aliphatic rings. The number of nitrogen functional groups attached to an aromatic ring is 1. The van der Waals surface area contributed by atoms with Crippen LogP contribution in [-0.4, -0.2) is 17.6 Å². The van der Waals surface area contributed by atoms with Crippen molar-refractivity contribution in [1.29, 1.82) is 0 Å². The Bertz CT molecular complexity index is 1220. The number of carbonyl (C=O) groups excluding carboxylic acids is 1. The number of anilines is 1. The standard InChI is InChI=1S/C24H20N4OS/c25-21-7-1-4-17(13-21)12-19-9-10-22(14-20(19)15-27-28-16-29)30-23-8-2-5-18-6-3-11-26-24(18)23/h1-11,13-16H,12,25H2,(H,28,29)/b27-15-. The van der Waals surface area contributed by atoms with Crippen molar-refractivity contribution in [3.8, 4) is 0 Å². The van der Waals surface area contributed by atoms with Crippen LogP contribution in [0.4, 0.5) is 5.69 Å². The van der Waals surface area contributed by atoms with Gasteiger partial charge in [-0.25, -0.2) is 5.43 Å². The number of hydrazone groups is 1. The number of nitrogens with zero attached hydrogens (tertiary/aromatic N) is 2. The SMILES string of the molecule is Nc1cccc(Cc2ccc(Sc3cccc4cccnc34)cc2/C=N\NC=O)c1. The number of benzene rings is 3. The summed E-state index contributed by atoms with van der Waals surface area (Å²) in [5.74, 6) is 0. The number of para-hydroxylation sites is 1. The Morgan fingerprint density at radius 3 is 2.77 bits per heavy atom. The fourth-order valence-electron chi connectivity index (χ4n) is 3.26. The van der Waals surface area contributed by atoms with E-state index in [1.165, 1.54) is 0 Å². The number of hydrogen-bond donors (Lipinski definition) is 2. The molecule has 0 saturated heterocycles. The van der Waals surface area contributed by atoms with E-state index in [9.17, 15) is 4.79 Å². The second kappa shape index (κ2) is 9.24. The van der Waals surface area contributed by atoms with Gasteiger partial charge in [0.15, 0.2) is 0 Å². The number of fused-ring (bicyclic) bond motifs is 1. The minimum atomic E-state index is 0.550. The first-order valence-corrected chi connectivity index (χ1v) is 10.3. The molecule has 1 heterocycles. The highest BCUT2D eigenvalue weighted by Gasteiger charge is 2.08. The van der Waals surface area contributed by atoms with Crippen LogP contribution < -0.4 is 11.2 Å². The maximum atomic E-state index is 10.6. The Morgan fingerprint density at radius 2 is 1.90 bits per heavy atom. The molecule has 0 aliphatic carbocycles. The maximum absolute atomic E-state index is 10.6. The fraction of sp³-hybridized carbons (Fsp3) is 0.0417. The molecule has 30 heavy (non-hydrogen) atoms. The molecule has 4 rings (SSSR count). The van der Waals surface area contributed by atoms with Gasteiger partial charge in [-0.15, -0.1) is 0 Å². The van der Waals surface area contributed by atoms with E-state index < -0.39 is 0 Å². The Hall–Kier alpha value is -3.64. The molecular weight excluding hydrogens is 392 g/mol. The largest absolute Gasteiger partial charge is 0.399 e. The summed E-state index contributed by atoms with van der Waals surface area (Å²) >= 11 is 1.65. The molecule has 3 aromatic carbocycles. The number of aromatic nitrogens is 1. The van der Waals surface area contributed by atoms with Crippen molar-refractivity contribution in [2.75, 3.05) is 5.73 Å². The van der Waals surface area contributed by atoms with Crippen LogP contribution in [0, 0.1) is 0 Å². The highest BCUT2D eigenvalue weighted by molar-refractivity contribution is 7.99. The fourth-order valence-corrected chi connectivity index (χ4v) is 4.25. The predicted octanol–water partition coefficient (Wildman–Crippen LogP) is 4.64. The quantitative estimate of drug-likeness (QED) is 0.201. The summed E-state index contributed by atoms with van der Waals surface area (Å²) < 4.78 is 0. The molecular formula is C24H20N4OS. The number of amides is 1. The summed E-state index contributed by atoms with van der Waals surface area (Å²) in [6.45, 7) is 0. The van der Waals surface area contributed by atoms with Crippen LogP contribution >= 0.6 is 11.8 Å². The molecule has 1 amide bonds. The third kappa shape index (κ3) is 4.67. The molecule has 0 unspecified atom stereocenters. The van der Waals surface area contributed by atoms with Crippen molar-refractivity contribution < 1.29 is 4.79 Å². The Labute approximate surface area is 179 Å². The second-order valence-electron chi connectivity index (χ2n) is 6.72. The first-order valence-electron chi connectivity index (χ1n) is 9.44. The number of nitrogens with one attached hydrogen (secondary N) is 1. The van der Waals surface area contributed by atoms with Gasteiger partial charge in [0.25, 0.3) is 0 Å². The van der Waals surface area contributed by atoms with Crippen LogP contribution in [-0.2, 0) is 11.2 Å². The zero-order valence-corrected chi connectivity index (χ0v) is 17.0. The van der Waals surface area contributed by atoms with Crippen molar-refractivity contribution in [2.24, 2.45) is 5.10 Å². The summed E-state index contributed by atoms with van der Waals surface area (Å²) in [6.07, 6.45) is 4.74. The van der Waals surface area contributed by atoms with Gasteiger partial charge in [-0.2, -0.15) is 5.10 Å². The Morgan fingerprint density at radius 1 is 1.03 bits per heavy atom. The minimum Gasteiger partial charge on any atom is -0.399 e. The first-order chi connectivity index (χ1) is 14.7. The topological polar surface area (TPSA) is 80.4 Å². The lowest BCUT2D eigenvalue weighted by atomic mass is 10.00. The van der Waals surface area contributed by atoms with E-state index in [0.717, 1.165) is 43.1 Å². The molecule has 0 radical (unpaired) electrons. The minimum absolute atomic E-state index is 0.550. The molecule has 4 aromatic rings. The van der Waals surface area contributed by atoms with Crippen molar-refractivity contribution in [2.45, 2.75) is 16.2 Å². The van der Waals surface area contributed by atoms with Crippen LogP contribution in [0.5, 0.6) is 0 Å². The van der Waals surface area contributed by atoms with Gasteiger partial charge in [-0.05, 0) is 59.5 Å². The number of nitrogens with two attached hydrogens (primary N) is 1. The van der Waals surface area contributed by atoms with E-state index in [1.54, 1.807) is 18.0 Å². The number of hydrogen-bond acceptors (Lipinski definition) is 5. The molecule has 6 heteroatoms. The molecule has 0 spiro atoms. The monoisotopic (exact) mass is 412 g/mol. The van der Waals surface area contributed by atoms with E-state index in [1.807, 2.05) is 42.6 Å². The second-order valence-corrected chi connectivity index (χ2v) is 7.84. The van der Waals surface area contributed by atoms with Gasteiger partial charge in [0, 0.05) is 27.1 Å². The van der Waals surface area contributed by atoms with Crippen molar-refractivity contribution in [3.63, 3.8) is 0 Å². The summed E-state index contributed by atoms with van der Waals surface area (Å²) in [5, 5.41) is 5.10. The summed E-state index contributed by atoms with van der Waals surface area (Å²) in [4.78, 5) is 17.3. The van der Waals surface area contributed by atoms with Crippen LogP contribution in [0.1, 0.15) is 16.7 Å². The van der Waals surface area contributed by atoms with E-state index >= 15 is 0 Å². The zero-order valence-electron chi connectivity index (χ0n) is 16.2. The lowest BCUT2D eigenvalue weighted by molar-refractivity contribution is -0.109.